The fraction of sp³-hybridized carbons (Fsp3) is 0.154. The number of nitrogens with one attached hydrogen (secondary N) is 1. The predicted molar refractivity (Wildman–Crippen MR) is 70.1 cm³/mol. The molecule has 0 radical (unpaired) electrons. The van der Waals surface area contributed by atoms with Gasteiger partial charge < -0.3 is 5.32 Å². The average Bonchev–Trinajstić information content (AvgIpc) is 2.33. The molecule has 2 rings (SSSR count). The summed E-state index contributed by atoms with van der Waals surface area (Å²) in [5.41, 5.74) is 2.38. The summed E-state index contributed by atoms with van der Waals surface area (Å²) in [6, 6.07) is 6.83. The van der Waals surface area contributed by atoms with E-state index in [4.69, 9.17) is 0 Å². The molecule has 2 nitrogen and oxygen atoms in total. The van der Waals surface area contributed by atoms with Gasteiger partial charge in [0.2, 0.25) is 0 Å². The highest BCUT2D eigenvalue weighted by molar-refractivity contribution is 9.10. The summed E-state index contributed by atoms with van der Waals surface area (Å²) in [5, 5.41) is 3.05. The number of nitrogens with zero attached hydrogens (tertiary/aromatic N) is 1. The molecule has 0 amide bonds. The number of hydrogen-bond acceptors (Lipinski definition) is 2. The minimum absolute atomic E-state index is 0.239. The fourth-order valence-corrected chi connectivity index (χ4v) is 2.02. The van der Waals surface area contributed by atoms with E-state index < -0.39 is 0 Å². The van der Waals surface area contributed by atoms with E-state index in [1.54, 1.807) is 24.5 Å². The second kappa shape index (κ2) is 5.38. The van der Waals surface area contributed by atoms with Crippen LogP contribution < -0.4 is 5.32 Å². The first-order valence-electron chi connectivity index (χ1n) is 5.24. The van der Waals surface area contributed by atoms with Crippen molar-refractivity contribution in [3.63, 3.8) is 0 Å². The zero-order valence-electron chi connectivity index (χ0n) is 9.37. The molecule has 0 atom stereocenters. The normalized spacial score (nSPS) is 10.5. The lowest BCUT2D eigenvalue weighted by Gasteiger charge is -2.06. The maximum absolute atomic E-state index is 13.7. The maximum Gasteiger partial charge on any atom is 0.131 e. The van der Waals surface area contributed by atoms with Crippen molar-refractivity contribution >= 4 is 15.9 Å². The van der Waals surface area contributed by atoms with Crippen LogP contribution in [0.5, 0.6) is 0 Å². The van der Waals surface area contributed by atoms with Crippen molar-refractivity contribution in [2.75, 3.05) is 7.05 Å². The molecule has 1 heterocycles. The van der Waals surface area contributed by atoms with E-state index in [9.17, 15) is 4.39 Å². The van der Waals surface area contributed by atoms with E-state index in [1.807, 2.05) is 13.1 Å². The Kier molecular flexibility index (Phi) is 3.86. The molecule has 0 bridgehead atoms. The standard InChI is InChI=1S/C13H12BrFN2/c1-16-6-9-4-10(8-17-7-9)12-5-11(14)2-3-13(12)15/h2-5,7-8,16H,6H2,1H3. The number of aromatic nitrogens is 1. The molecule has 0 aliphatic heterocycles. The van der Waals surface area contributed by atoms with Crippen LogP contribution in [0.4, 0.5) is 4.39 Å². The van der Waals surface area contributed by atoms with Gasteiger partial charge in [-0.05, 0) is 36.9 Å². The Balaban J connectivity index is 2.45. The summed E-state index contributed by atoms with van der Waals surface area (Å²) < 4.78 is 14.6. The van der Waals surface area contributed by atoms with Crippen LogP contribution in [0.1, 0.15) is 5.56 Å². The lowest BCUT2D eigenvalue weighted by Crippen LogP contribution is -2.05. The molecule has 0 aliphatic rings. The number of hydrogen-bond donors (Lipinski definition) is 1. The predicted octanol–water partition coefficient (Wildman–Crippen LogP) is 3.37. The lowest BCUT2D eigenvalue weighted by atomic mass is 10.1. The molecule has 0 saturated carbocycles. The third-order valence-electron chi connectivity index (χ3n) is 2.42. The van der Waals surface area contributed by atoms with Crippen LogP contribution in [-0.2, 0) is 6.54 Å². The second-order valence-electron chi connectivity index (χ2n) is 3.74. The largest absolute Gasteiger partial charge is 0.316 e. The van der Waals surface area contributed by atoms with Gasteiger partial charge in [-0.25, -0.2) is 4.39 Å². The van der Waals surface area contributed by atoms with E-state index in [0.717, 1.165) is 22.1 Å². The fourth-order valence-electron chi connectivity index (χ4n) is 1.65. The third kappa shape index (κ3) is 2.90. The van der Waals surface area contributed by atoms with Crippen LogP contribution in [0.15, 0.2) is 41.1 Å². The molecule has 17 heavy (non-hydrogen) atoms. The minimum Gasteiger partial charge on any atom is -0.316 e. The Hall–Kier alpha value is -1.26. The number of benzene rings is 1. The Morgan fingerprint density at radius 1 is 1.29 bits per heavy atom. The molecular formula is C13H12BrFN2. The van der Waals surface area contributed by atoms with E-state index in [1.165, 1.54) is 6.07 Å². The first-order chi connectivity index (χ1) is 8.20. The number of rotatable bonds is 3. The van der Waals surface area contributed by atoms with E-state index in [0.29, 0.717) is 5.56 Å². The van der Waals surface area contributed by atoms with Gasteiger partial charge in [0.25, 0.3) is 0 Å². The molecule has 0 spiro atoms. The van der Waals surface area contributed by atoms with E-state index >= 15 is 0 Å². The van der Waals surface area contributed by atoms with Gasteiger partial charge in [0.1, 0.15) is 5.82 Å². The molecule has 0 aliphatic carbocycles. The van der Waals surface area contributed by atoms with Gasteiger partial charge in [-0.3, -0.25) is 4.98 Å². The molecule has 1 aromatic carbocycles. The minimum atomic E-state index is -0.239. The monoisotopic (exact) mass is 294 g/mol. The summed E-state index contributed by atoms with van der Waals surface area (Å²) in [4.78, 5) is 4.13. The summed E-state index contributed by atoms with van der Waals surface area (Å²) in [5.74, 6) is -0.239. The van der Waals surface area contributed by atoms with Gasteiger partial charge in [-0.1, -0.05) is 15.9 Å². The van der Waals surface area contributed by atoms with Crippen LogP contribution in [0, 0.1) is 5.82 Å². The van der Waals surface area contributed by atoms with Crippen LogP contribution >= 0.6 is 15.9 Å². The second-order valence-corrected chi connectivity index (χ2v) is 4.65. The van der Waals surface area contributed by atoms with Crippen molar-refractivity contribution in [1.82, 2.24) is 10.3 Å². The zero-order chi connectivity index (χ0) is 12.3. The quantitative estimate of drug-likeness (QED) is 0.939. The van der Waals surface area contributed by atoms with Gasteiger partial charge in [-0.15, -0.1) is 0 Å². The number of halogens is 2. The maximum atomic E-state index is 13.7. The Morgan fingerprint density at radius 2 is 2.12 bits per heavy atom. The topological polar surface area (TPSA) is 24.9 Å². The molecule has 88 valence electrons. The van der Waals surface area contributed by atoms with E-state index in [-0.39, 0.29) is 5.82 Å². The molecule has 0 saturated heterocycles. The van der Waals surface area contributed by atoms with Crippen molar-refractivity contribution in [3.8, 4) is 11.1 Å². The molecule has 1 aromatic heterocycles. The highest BCUT2D eigenvalue weighted by Crippen LogP contribution is 2.26. The van der Waals surface area contributed by atoms with Crippen molar-refractivity contribution < 1.29 is 4.39 Å². The molecule has 1 N–H and O–H groups in total. The highest BCUT2D eigenvalue weighted by atomic mass is 79.9. The molecule has 2 aromatic rings. The summed E-state index contributed by atoms with van der Waals surface area (Å²) in [6.07, 6.45) is 3.44. The van der Waals surface area contributed by atoms with Crippen LogP contribution in [0.25, 0.3) is 11.1 Å². The Morgan fingerprint density at radius 3 is 2.88 bits per heavy atom. The van der Waals surface area contributed by atoms with Crippen LogP contribution in [-0.4, -0.2) is 12.0 Å². The lowest BCUT2D eigenvalue weighted by molar-refractivity contribution is 0.631. The van der Waals surface area contributed by atoms with Crippen molar-refractivity contribution in [2.24, 2.45) is 0 Å². The molecule has 0 unspecified atom stereocenters. The average molecular weight is 295 g/mol. The summed E-state index contributed by atoms with van der Waals surface area (Å²) in [6.45, 7) is 0.719. The van der Waals surface area contributed by atoms with Crippen LogP contribution in [0.2, 0.25) is 0 Å². The molecule has 0 fully saturated rings. The Labute approximate surface area is 108 Å². The van der Waals surface area contributed by atoms with Gasteiger partial charge >= 0.3 is 0 Å². The zero-order valence-corrected chi connectivity index (χ0v) is 11.0. The third-order valence-corrected chi connectivity index (χ3v) is 2.91. The van der Waals surface area contributed by atoms with Crippen molar-refractivity contribution in [1.29, 1.82) is 0 Å². The van der Waals surface area contributed by atoms with Gasteiger partial charge in [0, 0.05) is 34.5 Å². The summed E-state index contributed by atoms with van der Waals surface area (Å²) >= 11 is 3.34. The molecule has 4 heteroatoms. The van der Waals surface area contributed by atoms with Gasteiger partial charge in [-0.2, -0.15) is 0 Å². The van der Waals surface area contributed by atoms with Crippen molar-refractivity contribution in [3.05, 3.63) is 52.5 Å². The summed E-state index contributed by atoms with van der Waals surface area (Å²) in [7, 11) is 1.87. The Bertz CT molecular complexity index is 529. The first-order valence-corrected chi connectivity index (χ1v) is 6.04. The number of pyridine rings is 1. The first kappa shape index (κ1) is 12.2. The van der Waals surface area contributed by atoms with E-state index in [2.05, 4.69) is 26.2 Å². The van der Waals surface area contributed by atoms with Crippen LogP contribution in [0.3, 0.4) is 0 Å². The SMILES string of the molecule is CNCc1cncc(-c2cc(Br)ccc2F)c1. The smallest absolute Gasteiger partial charge is 0.131 e. The van der Waals surface area contributed by atoms with Crippen molar-refractivity contribution in [2.45, 2.75) is 6.54 Å². The molecular weight excluding hydrogens is 283 g/mol. The van der Waals surface area contributed by atoms with Gasteiger partial charge in [0.15, 0.2) is 0 Å². The highest BCUT2D eigenvalue weighted by Gasteiger charge is 2.06. The van der Waals surface area contributed by atoms with Gasteiger partial charge in [0.05, 0.1) is 0 Å².